The summed E-state index contributed by atoms with van der Waals surface area (Å²) in [7, 11) is 0. The molecule has 1 fully saturated rings. The number of morpholine rings is 1. The van der Waals surface area contributed by atoms with Gasteiger partial charge in [-0.3, -0.25) is 9.59 Å². The lowest BCUT2D eigenvalue weighted by Gasteiger charge is -2.26. The fourth-order valence-corrected chi connectivity index (χ4v) is 2.57. The molecule has 1 saturated heterocycles. The largest absolute Gasteiger partial charge is 0.426 e. The first-order valence-corrected chi connectivity index (χ1v) is 7.77. The molecule has 6 nitrogen and oxygen atoms in total. The van der Waals surface area contributed by atoms with E-state index in [0.717, 1.165) is 0 Å². The van der Waals surface area contributed by atoms with Gasteiger partial charge >= 0.3 is 5.97 Å². The van der Waals surface area contributed by atoms with Crippen molar-refractivity contribution in [2.75, 3.05) is 26.3 Å². The van der Waals surface area contributed by atoms with Crippen LogP contribution in [0.2, 0.25) is 0 Å². The Kier molecular flexibility index (Phi) is 5.90. The summed E-state index contributed by atoms with van der Waals surface area (Å²) in [5, 5.41) is 9.25. The molecule has 0 atom stereocenters. The van der Waals surface area contributed by atoms with Gasteiger partial charge in [0.2, 0.25) is 0 Å². The molecular formula is C16H15BrN2O4. The number of amides is 1. The van der Waals surface area contributed by atoms with Crippen LogP contribution >= 0.6 is 15.9 Å². The van der Waals surface area contributed by atoms with Crippen LogP contribution in [0.1, 0.15) is 12.5 Å². The Morgan fingerprint density at radius 2 is 2.09 bits per heavy atom. The summed E-state index contributed by atoms with van der Waals surface area (Å²) in [4.78, 5) is 24.9. The molecule has 1 aromatic rings. The Bertz CT molecular complexity index is 688. The number of rotatable bonds is 3. The van der Waals surface area contributed by atoms with Gasteiger partial charge in [0.15, 0.2) is 0 Å². The minimum absolute atomic E-state index is 0.0547. The normalized spacial score (nSPS) is 15.0. The fraction of sp³-hybridized carbons (Fsp3) is 0.312. The van der Waals surface area contributed by atoms with Crippen LogP contribution in [0.25, 0.3) is 6.08 Å². The van der Waals surface area contributed by atoms with Crippen molar-refractivity contribution in [3.05, 3.63) is 33.8 Å². The number of carbonyl (C=O) groups is 2. The summed E-state index contributed by atoms with van der Waals surface area (Å²) in [6.07, 6.45) is 1.51. The first kappa shape index (κ1) is 17.2. The maximum Gasteiger partial charge on any atom is 0.308 e. The van der Waals surface area contributed by atoms with Crippen LogP contribution in [0.15, 0.2) is 28.2 Å². The van der Waals surface area contributed by atoms with Gasteiger partial charge in [-0.1, -0.05) is 6.07 Å². The first-order valence-electron chi connectivity index (χ1n) is 6.98. The predicted octanol–water partition coefficient (Wildman–Crippen LogP) is 2.14. The summed E-state index contributed by atoms with van der Waals surface area (Å²) in [6, 6.07) is 6.90. The van der Waals surface area contributed by atoms with E-state index in [2.05, 4.69) is 15.9 Å². The topological polar surface area (TPSA) is 79.6 Å². The van der Waals surface area contributed by atoms with E-state index in [1.807, 2.05) is 6.07 Å². The zero-order valence-electron chi connectivity index (χ0n) is 12.5. The van der Waals surface area contributed by atoms with Crippen molar-refractivity contribution in [1.29, 1.82) is 5.26 Å². The van der Waals surface area contributed by atoms with Crippen LogP contribution < -0.4 is 4.74 Å². The average molecular weight is 379 g/mol. The number of esters is 1. The third kappa shape index (κ3) is 4.65. The zero-order valence-corrected chi connectivity index (χ0v) is 14.1. The van der Waals surface area contributed by atoms with E-state index in [0.29, 0.717) is 42.1 Å². The molecule has 0 bridgehead atoms. The molecular weight excluding hydrogens is 364 g/mol. The fourth-order valence-electron chi connectivity index (χ4n) is 2.09. The van der Waals surface area contributed by atoms with Crippen LogP contribution in [-0.4, -0.2) is 43.1 Å². The average Bonchev–Trinajstić information content (AvgIpc) is 2.55. The molecule has 1 aliphatic heterocycles. The van der Waals surface area contributed by atoms with E-state index in [9.17, 15) is 14.9 Å². The van der Waals surface area contributed by atoms with Gasteiger partial charge in [0.25, 0.3) is 5.91 Å². The van der Waals surface area contributed by atoms with Crippen LogP contribution in [0.5, 0.6) is 5.75 Å². The van der Waals surface area contributed by atoms with Gasteiger partial charge in [0, 0.05) is 20.0 Å². The molecule has 0 spiro atoms. The number of ether oxygens (including phenoxy) is 2. The molecule has 120 valence electrons. The SMILES string of the molecule is CC(=O)Oc1ccc(/C=C(\C#N)C(=O)N2CCOCC2)cc1Br. The lowest BCUT2D eigenvalue weighted by atomic mass is 10.1. The Labute approximate surface area is 142 Å². The van der Waals surface area contributed by atoms with Crippen molar-refractivity contribution in [3.63, 3.8) is 0 Å². The van der Waals surface area contributed by atoms with Crippen LogP contribution in [0.3, 0.4) is 0 Å². The van der Waals surface area contributed by atoms with Gasteiger partial charge in [-0.2, -0.15) is 5.26 Å². The number of carbonyl (C=O) groups excluding carboxylic acids is 2. The zero-order chi connectivity index (χ0) is 16.8. The molecule has 7 heteroatoms. The Morgan fingerprint density at radius 1 is 1.39 bits per heavy atom. The summed E-state index contributed by atoms with van der Waals surface area (Å²) >= 11 is 3.30. The summed E-state index contributed by atoms with van der Waals surface area (Å²) in [5.74, 6) is -0.349. The second-order valence-electron chi connectivity index (χ2n) is 4.86. The number of nitrogens with zero attached hydrogens (tertiary/aromatic N) is 2. The summed E-state index contributed by atoms with van der Waals surface area (Å²) in [5.41, 5.74) is 0.713. The highest BCUT2D eigenvalue weighted by Gasteiger charge is 2.20. The number of hydrogen-bond acceptors (Lipinski definition) is 5. The van der Waals surface area contributed by atoms with Crippen LogP contribution in [-0.2, 0) is 14.3 Å². The lowest BCUT2D eigenvalue weighted by molar-refractivity contribution is -0.132. The monoisotopic (exact) mass is 378 g/mol. The molecule has 0 radical (unpaired) electrons. The lowest BCUT2D eigenvalue weighted by Crippen LogP contribution is -2.41. The predicted molar refractivity (Wildman–Crippen MR) is 86.4 cm³/mol. The summed E-state index contributed by atoms with van der Waals surface area (Å²) in [6.45, 7) is 3.23. The Balaban J connectivity index is 2.20. The molecule has 0 aliphatic carbocycles. The van der Waals surface area contributed by atoms with E-state index in [4.69, 9.17) is 9.47 Å². The second kappa shape index (κ2) is 7.90. The van der Waals surface area contributed by atoms with Gasteiger partial charge in [-0.25, -0.2) is 0 Å². The number of halogens is 1. The van der Waals surface area contributed by atoms with Gasteiger partial charge in [-0.05, 0) is 39.7 Å². The number of hydrogen-bond donors (Lipinski definition) is 0. The molecule has 0 unspecified atom stereocenters. The van der Waals surface area contributed by atoms with Gasteiger partial charge < -0.3 is 14.4 Å². The molecule has 1 aromatic carbocycles. The van der Waals surface area contributed by atoms with Crippen molar-refractivity contribution < 1.29 is 19.1 Å². The van der Waals surface area contributed by atoms with E-state index in [-0.39, 0.29) is 11.5 Å². The van der Waals surface area contributed by atoms with E-state index >= 15 is 0 Å². The van der Waals surface area contributed by atoms with E-state index < -0.39 is 5.97 Å². The van der Waals surface area contributed by atoms with Crippen molar-refractivity contribution in [3.8, 4) is 11.8 Å². The van der Waals surface area contributed by atoms with E-state index in [1.165, 1.54) is 13.0 Å². The van der Waals surface area contributed by atoms with Crippen molar-refractivity contribution in [2.45, 2.75) is 6.92 Å². The van der Waals surface area contributed by atoms with Crippen molar-refractivity contribution in [1.82, 2.24) is 4.90 Å². The van der Waals surface area contributed by atoms with Gasteiger partial charge in [0.05, 0.1) is 17.7 Å². The molecule has 2 rings (SSSR count). The molecule has 0 N–H and O–H groups in total. The highest BCUT2D eigenvalue weighted by atomic mass is 79.9. The minimum Gasteiger partial charge on any atom is -0.426 e. The van der Waals surface area contributed by atoms with Crippen LogP contribution in [0, 0.1) is 11.3 Å². The Hall–Kier alpha value is -2.17. The smallest absolute Gasteiger partial charge is 0.308 e. The number of benzene rings is 1. The quantitative estimate of drug-likeness (QED) is 0.348. The Morgan fingerprint density at radius 3 is 2.65 bits per heavy atom. The highest BCUT2D eigenvalue weighted by Crippen LogP contribution is 2.27. The first-order chi connectivity index (χ1) is 11.0. The van der Waals surface area contributed by atoms with E-state index in [1.54, 1.807) is 23.1 Å². The third-order valence-corrected chi connectivity index (χ3v) is 3.79. The number of nitriles is 1. The maximum absolute atomic E-state index is 12.3. The molecule has 1 aliphatic rings. The summed E-state index contributed by atoms with van der Waals surface area (Å²) < 4.78 is 10.8. The molecule has 1 amide bonds. The van der Waals surface area contributed by atoms with Crippen LogP contribution in [0.4, 0.5) is 0 Å². The second-order valence-corrected chi connectivity index (χ2v) is 5.71. The van der Waals surface area contributed by atoms with Crippen molar-refractivity contribution >= 4 is 33.9 Å². The molecule has 0 saturated carbocycles. The standard InChI is InChI=1S/C16H15BrN2O4/c1-11(20)23-15-3-2-12(9-14(15)17)8-13(10-18)16(21)19-4-6-22-7-5-19/h2-3,8-9H,4-7H2,1H3/b13-8+. The molecule has 1 heterocycles. The minimum atomic E-state index is -0.422. The third-order valence-electron chi connectivity index (χ3n) is 3.17. The van der Waals surface area contributed by atoms with Crippen molar-refractivity contribution in [2.24, 2.45) is 0 Å². The molecule has 0 aromatic heterocycles. The van der Waals surface area contributed by atoms with Gasteiger partial charge in [0.1, 0.15) is 17.4 Å². The van der Waals surface area contributed by atoms with Gasteiger partial charge in [-0.15, -0.1) is 0 Å². The molecule has 23 heavy (non-hydrogen) atoms. The highest BCUT2D eigenvalue weighted by molar-refractivity contribution is 9.10. The maximum atomic E-state index is 12.3.